The lowest BCUT2D eigenvalue weighted by Gasteiger charge is -2.27. The van der Waals surface area contributed by atoms with Crippen LogP contribution in [0.5, 0.6) is 0 Å². The van der Waals surface area contributed by atoms with Crippen LogP contribution in [0.1, 0.15) is 30.9 Å². The van der Waals surface area contributed by atoms with E-state index in [1.165, 1.54) is 17.5 Å². The van der Waals surface area contributed by atoms with Crippen LogP contribution >= 0.6 is 24.0 Å². The van der Waals surface area contributed by atoms with Gasteiger partial charge >= 0.3 is 0 Å². The fourth-order valence-corrected chi connectivity index (χ4v) is 3.13. The smallest absolute Gasteiger partial charge is 0.243 e. The minimum absolute atomic E-state index is 0. The number of carbonyl (C=O) groups is 1. The molecule has 0 heterocycles. The summed E-state index contributed by atoms with van der Waals surface area (Å²) in [5, 5.41) is 7.03. The number of halogens is 1. The van der Waals surface area contributed by atoms with Gasteiger partial charge in [0, 0.05) is 26.2 Å². The Morgan fingerprint density at radius 2 is 1.92 bits per heavy atom. The molecule has 1 aromatic rings. The van der Waals surface area contributed by atoms with Crippen LogP contribution < -0.4 is 10.6 Å². The molecule has 138 valence electrons. The van der Waals surface area contributed by atoms with Crippen molar-refractivity contribution in [3.8, 4) is 0 Å². The normalized spacial score (nSPS) is 24.6. The van der Waals surface area contributed by atoms with Gasteiger partial charge in [-0.15, -0.1) is 24.0 Å². The van der Waals surface area contributed by atoms with E-state index in [0.717, 1.165) is 25.2 Å². The molecule has 3 atom stereocenters. The van der Waals surface area contributed by atoms with Gasteiger partial charge in [0.1, 0.15) is 6.54 Å². The van der Waals surface area contributed by atoms with Crippen molar-refractivity contribution >= 4 is 35.8 Å². The number of nitrogens with zero attached hydrogens (tertiary/aromatic N) is 2. The van der Waals surface area contributed by atoms with Crippen molar-refractivity contribution < 1.29 is 4.79 Å². The third-order valence-corrected chi connectivity index (χ3v) is 4.99. The molecule has 0 radical (unpaired) electrons. The minimum Gasteiger partial charge on any atom is -0.353 e. The van der Waals surface area contributed by atoms with Crippen LogP contribution in [0, 0.1) is 5.92 Å². The quantitative estimate of drug-likeness (QED) is 0.415. The first-order chi connectivity index (χ1) is 11.5. The van der Waals surface area contributed by atoms with Crippen LogP contribution in [-0.2, 0) is 17.6 Å². The van der Waals surface area contributed by atoms with E-state index < -0.39 is 0 Å². The number of aliphatic imine (C=N–C) groups is 1. The second kappa shape index (κ2) is 8.87. The Hall–Kier alpha value is -1.31. The predicted octanol–water partition coefficient (Wildman–Crippen LogP) is 2.19. The monoisotopic (exact) mass is 456 g/mol. The molecular formula is C19H29IN4O. The van der Waals surface area contributed by atoms with Crippen molar-refractivity contribution in [2.75, 3.05) is 20.6 Å². The molecule has 2 N–H and O–H groups in total. The highest BCUT2D eigenvalue weighted by Gasteiger charge is 2.33. The number of fused-ring (bicyclic) bond motifs is 1. The molecule has 0 bridgehead atoms. The number of amides is 1. The summed E-state index contributed by atoms with van der Waals surface area (Å²) < 4.78 is 0. The largest absolute Gasteiger partial charge is 0.353 e. The predicted molar refractivity (Wildman–Crippen MR) is 113 cm³/mol. The molecule has 0 aromatic heterocycles. The SMILES string of the molecule is CC1CC1NC(=NCC(=O)N(C)C)NC1CCc2ccccc2C1.I. The molecule has 0 aliphatic heterocycles. The number of benzene rings is 1. The number of aryl methyl sites for hydroxylation is 1. The van der Waals surface area contributed by atoms with Crippen LogP contribution in [0.2, 0.25) is 0 Å². The Kier molecular flexibility index (Phi) is 7.10. The number of hydrogen-bond donors (Lipinski definition) is 2. The molecule has 5 nitrogen and oxygen atoms in total. The third kappa shape index (κ3) is 5.59. The lowest BCUT2D eigenvalue weighted by Crippen LogP contribution is -2.47. The number of nitrogens with one attached hydrogen (secondary N) is 2. The van der Waals surface area contributed by atoms with E-state index in [0.29, 0.717) is 18.0 Å². The summed E-state index contributed by atoms with van der Waals surface area (Å²) >= 11 is 0. The fraction of sp³-hybridized carbons (Fsp3) is 0.579. The second-order valence-electron chi connectivity index (χ2n) is 7.27. The minimum atomic E-state index is 0. The van der Waals surface area contributed by atoms with E-state index in [1.807, 2.05) is 0 Å². The first-order valence-electron chi connectivity index (χ1n) is 8.87. The van der Waals surface area contributed by atoms with Crippen molar-refractivity contribution in [3.05, 3.63) is 35.4 Å². The number of carbonyl (C=O) groups excluding carboxylic acids is 1. The van der Waals surface area contributed by atoms with Crippen LogP contribution in [-0.4, -0.2) is 49.5 Å². The number of hydrogen-bond acceptors (Lipinski definition) is 2. The van der Waals surface area contributed by atoms with Crippen LogP contribution in [0.15, 0.2) is 29.3 Å². The van der Waals surface area contributed by atoms with E-state index in [2.05, 4.69) is 46.8 Å². The lowest BCUT2D eigenvalue weighted by atomic mass is 9.88. The van der Waals surface area contributed by atoms with E-state index >= 15 is 0 Å². The molecule has 3 unspecified atom stereocenters. The van der Waals surface area contributed by atoms with Crippen LogP contribution in [0.25, 0.3) is 0 Å². The topological polar surface area (TPSA) is 56.7 Å². The molecule has 25 heavy (non-hydrogen) atoms. The molecular weight excluding hydrogens is 427 g/mol. The Bertz CT molecular complexity index is 632. The van der Waals surface area contributed by atoms with Gasteiger partial charge in [-0.25, -0.2) is 4.99 Å². The first-order valence-corrected chi connectivity index (χ1v) is 8.87. The molecule has 2 aliphatic carbocycles. The van der Waals surface area contributed by atoms with Gasteiger partial charge in [0.05, 0.1) is 0 Å². The molecule has 1 amide bonds. The number of guanidine groups is 1. The molecule has 0 spiro atoms. The maximum Gasteiger partial charge on any atom is 0.243 e. The summed E-state index contributed by atoms with van der Waals surface area (Å²) in [5.41, 5.74) is 2.88. The standard InChI is InChI=1S/C19H28N4O.HI/c1-13-10-17(13)22-19(20-12-18(24)23(2)3)21-16-9-8-14-6-4-5-7-15(14)11-16;/h4-7,13,16-17H,8-12H2,1-3H3,(H2,20,21,22);1H. The van der Waals surface area contributed by atoms with Gasteiger partial charge in [-0.2, -0.15) is 0 Å². The van der Waals surface area contributed by atoms with Crippen molar-refractivity contribution in [1.82, 2.24) is 15.5 Å². The summed E-state index contributed by atoms with van der Waals surface area (Å²) in [6.45, 7) is 2.42. The van der Waals surface area contributed by atoms with Crippen molar-refractivity contribution in [1.29, 1.82) is 0 Å². The fourth-order valence-electron chi connectivity index (χ4n) is 3.13. The Labute approximate surface area is 167 Å². The molecule has 3 rings (SSSR count). The van der Waals surface area contributed by atoms with E-state index in [1.54, 1.807) is 19.0 Å². The summed E-state index contributed by atoms with van der Waals surface area (Å²) in [6.07, 6.45) is 4.38. The van der Waals surface area contributed by atoms with E-state index in [4.69, 9.17) is 0 Å². The van der Waals surface area contributed by atoms with Crippen LogP contribution in [0.3, 0.4) is 0 Å². The van der Waals surface area contributed by atoms with Gasteiger partial charge in [0.15, 0.2) is 5.96 Å². The average Bonchev–Trinajstić information content (AvgIpc) is 3.26. The van der Waals surface area contributed by atoms with Crippen molar-refractivity contribution in [2.45, 2.75) is 44.7 Å². The summed E-state index contributed by atoms with van der Waals surface area (Å²) in [5.74, 6) is 1.49. The Balaban J connectivity index is 0.00000225. The molecule has 2 aliphatic rings. The maximum absolute atomic E-state index is 11.8. The molecule has 1 fully saturated rings. The Morgan fingerprint density at radius 1 is 1.24 bits per heavy atom. The highest BCUT2D eigenvalue weighted by molar-refractivity contribution is 14.0. The number of rotatable bonds is 4. The Morgan fingerprint density at radius 3 is 2.56 bits per heavy atom. The summed E-state index contributed by atoms with van der Waals surface area (Å²) in [7, 11) is 3.53. The maximum atomic E-state index is 11.8. The zero-order valence-electron chi connectivity index (χ0n) is 15.3. The number of likely N-dealkylation sites (N-methyl/N-ethyl adjacent to an activating group) is 1. The van der Waals surface area contributed by atoms with Gasteiger partial charge in [-0.3, -0.25) is 4.79 Å². The van der Waals surface area contributed by atoms with E-state index in [9.17, 15) is 4.79 Å². The zero-order valence-corrected chi connectivity index (χ0v) is 17.6. The molecule has 6 heteroatoms. The summed E-state index contributed by atoms with van der Waals surface area (Å²) in [4.78, 5) is 17.9. The highest BCUT2D eigenvalue weighted by Crippen LogP contribution is 2.29. The molecule has 0 saturated heterocycles. The molecule has 1 saturated carbocycles. The lowest BCUT2D eigenvalue weighted by molar-refractivity contribution is -0.127. The van der Waals surface area contributed by atoms with Crippen LogP contribution in [0.4, 0.5) is 0 Å². The first kappa shape index (κ1) is 20.0. The van der Waals surface area contributed by atoms with Gasteiger partial charge in [0.2, 0.25) is 5.91 Å². The van der Waals surface area contributed by atoms with Gasteiger partial charge in [0.25, 0.3) is 0 Å². The second-order valence-corrected chi connectivity index (χ2v) is 7.27. The van der Waals surface area contributed by atoms with Gasteiger partial charge in [-0.1, -0.05) is 31.2 Å². The van der Waals surface area contributed by atoms with Gasteiger partial charge < -0.3 is 15.5 Å². The average molecular weight is 456 g/mol. The highest BCUT2D eigenvalue weighted by atomic mass is 127. The zero-order chi connectivity index (χ0) is 17.1. The van der Waals surface area contributed by atoms with Crippen molar-refractivity contribution in [2.24, 2.45) is 10.9 Å². The summed E-state index contributed by atoms with van der Waals surface area (Å²) in [6, 6.07) is 9.52. The van der Waals surface area contributed by atoms with Gasteiger partial charge in [-0.05, 0) is 42.7 Å². The van der Waals surface area contributed by atoms with Crippen molar-refractivity contribution in [3.63, 3.8) is 0 Å². The molecule has 1 aromatic carbocycles. The third-order valence-electron chi connectivity index (χ3n) is 4.99. The van der Waals surface area contributed by atoms with E-state index in [-0.39, 0.29) is 36.4 Å².